The van der Waals surface area contributed by atoms with Gasteiger partial charge in [-0.25, -0.2) is 9.59 Å². The number of urea groups is 1. The van der Waals surface area contributed by atoms with Gasteiger partial charge in [0.25, 0.3) is 11.8 Å². The highest BCUT2D eigenvalue weighted by Crippen LogP contribution is 2.11. The maximum absolute atomic E-state index is 12.4. The average molecular weight is 426 g/mol. The number of halogens is 1. The second kappa shape index (κ2) is 12.1. The molecule has 29 heavy (non-hydrogen) atoms. The first-order chi connectivity index (χ1) is 13.6. The van der Waals surface area contributed by atoms with Crippen LogP contribution in [0.25, 0.3) is 0 Å². The van der Waals surface area contributed by atoms with Crippen LogP contribution in [0.15, 0.2) is 24.3 Å². The molecule has 0 saturated heterocycles. The van der Waals surface area contributed by atoms with Gasteiger partial charge in [-0.2, -0.15) is 0 Å². The Morgan fingerprint density at radius 2 is 1.66 bits per heavy atom. The molecule has 0 aliphatic heterocycles. The van der Waals surface area contributed by atoms with Crippen LogP contribution >= 0.6 is 11.6 Å². The standard InChI is InChI=1S/C20H28ClN3O5/c1-5-13(4)22-20(28)24-17(25)11-29-19(27)16(10-12(2)3)23-18(26)14-6-8-15(21)9-7-14/h6-9,12-13,16H,5,10-11H2,1-4H3,(H,23,26)(H2,22,24,25,28)/t13-,16-/m1/s1. The largest absolute Gasteiger partial charge is 0.454 e. The molecule has 0 aliphatic rings. The van der Waals surface area contributed by atoms with Gasteiger partial charge in [0.05, 0.1) is 0 Å². The number of carbonyl (C=O) groups is 4. The number of carbonyl (C=O) groups excluding carboxylic acids is 4. The zero-order valence-corrected chi connectivity index (χ0v) is 17.8. The van der Waals surface area contributed by atoms with Gasteiger partial charge in [0.1, 0.15) is 6.04 Å². The van der Waals surface area contributed by atoms with Gasteiger partial charge in [-0.3, -0.25) is 14.9 Å². The van der Waals surface area contributed by atoms with E-state index in [2.05, 4.69) is 16.0 Å². The van der Waals surface area contributed by atoms with Crippen molar-refractivity contribution >= 4 is 35.4 Å². The van der Waals surface area contributed by atoms with Crippen molar-refractivity contribution in [2.75, 3.05) is 6.61 Å². The van der Waals surface area contributed by atoms with E-state index >= 15 is 0 Å². The van der Waals surface area contributed by atoms with Crippen molar-refractivity contribution in [3.05, 3.63) is 34.9 Å². The number of benzene rings is 1. The summed E-state index contributed by atoms with van der Waals surface area (Å²) in [7, 11) is 0. The zero-order chi connectivity index (χ0) is 22.0. The third-order valence-corrected chi connectivity index (χ3v) is 4.24. The zero-order valence-electron chi connectivity index (χ0n) is 17.1. The van der Waals surface area contributed by atoms with Crippen molar-refractivity contribution in [3.63, 3.8) is 0 Å². The topological polar surface area (TPSA) is 114 Å². The molecule has 0 radical (unpaired) electrons. The van der Waals surface area contributed by atoms with Crippen LogP contribution in [-0.2, 0) is 14.3 Å². The Hall–Kier alpha value is -2.61. The predicted octanol–water partition coefficient (Wildman–Crippen LogP) is 2.65. The van der Waals surface area contributed by atoms with Crippen molar-refractivity contribution in [2.24, 2.45) is 5.92 Å². The van der Waals surface area contributed by atoms with Crippen molar-refractivity contribution < 1.29 is 23.9 Å². The summed E-state index contributed by atoms with van der Waals surface area (Å²) in [5.41, 5.74) is 0.343. The highest BCUT2D eigenvalue weighted by molar-refractivity contribution is 6.30. The molecule has 160 valence electrons. The Labute approximate surface area is 175 Å². The van der Waals surface area contributed by atoms with Gasteiger partial charge in [0.2, 0.25) is 0 Å². The van der Waals surface area contributed by atoms with Crippen LogP contribution in [-0.4, -0.2) is 42.5 Å². The lowest BCUT2D eigenvalue weighted by Crippen LogP contribution is -2.46. The molecule has 0 saturated carbocycles. The van der Waals surface area contributed by atoms with Crippen molar-refractivity contribution in [1.82, 2.24) is 16.0 Å². The van der Waals surface area contributed by atoms with Crippen LogP contribution in [0.5, 0.6) is 0 Å². The first-order valence-corrected chi connectivity index (χ1v) is 9.83. The summed E-state index contributed by atoms with van der Waals surface area (Å²) < 4.78 is 4.99. The fourth-order valence-corrected chi connectivity index (χ4v) is 2.42. The van der Waals surface area contributed by atoms with E-state index in [9.17, 15) is 19.2 Å². The molecule has 4 amide bonds. The lowest BCUT2D eigenvalue weighted by Gasteiger charge is -2.19. The quantitative estimate of drug-likeness (QED) is 0.526. The molecule has 1 rings (SSSR count). The fourth-order valence-electron chi connectivity index (χ4n) is 2.29. The lowest BCUT2D eigenvalue weighted by molar-refractivity contribution is -0.150. The second-order valence-electron chi connectivity index (χ2n) is 7.10. The van der Waals surface area contributed by atoms with Gasteiger partial charge >= 0.3 is 12.0 Å². The predicted molar refractivity (Wildman–Crippen MR) is 110 cm³/mol. The molecule has 0 spiro atoms. The van der Waals surface area contributed by atoms with Crippen LogP contribution in [0.1, 0.15) is 50.9 Å². The number of ether oxygens (including phenoxy) is 1. The van der Waals surface area contributed by atoms with E-state index in [1.807, 2.05) is 20.8 Å². The molecule has 1 aromatic rings. The minimum absolute atomic E-state index is 0.0909. The van der Waals surface area contributed by atoms with Crippen molar-refractivity contribution in [3.8, 4) is 0 Å². The number of imide groups is 1. The van der Waals surface area contributed by atoms with Crippen LogP contribution in [0.2, 0.25) is 5.02 Å². The molecule has 1 aromatic carbocycles. The lowest BCUT2D eigenvalue weighted by atomic mass is 10.0. The maximum atomic E-state index is 12.4. The third kappa shape index (κ3) is 9.43. The molecule has 0 aromatic heterocycles. The highest BCUT2D eigenvalue weighted by Gasteiger charge is 2.25. The molecule has 0 heterocycles. The van der Waals surface area contributed by atoms with Crippen LogP contribution < -0.4 is 16.0 Å². The number of nitrogens with one attached hydrogen (secondary N) is 3. The maximum Gasteiger partial charge on any atom is 0.329 e. The van der Waals surface area contributed by atoms with E-state index in [4.69, 9.17) is 16.3 Å². The summed E-state index contributed by atoms with van der Waals surface area (Å²) in [5.74, 6) is -1.88. The molecule has 3 N–H and O–H groups in total. The van der Waals surface area contributed by atoms with E-state index in [1.165, 1.54) is 0 Å². The summed E-state index contributed by atoms with van der Waals surface area (Å²) in [6, 6.07) is 4.54. The number of hydrogen-bond acceptors (Lipinski definition) is 5. The highest BCUT2D eigenvalue weighted by atomic mass is 35.5. The van der Waals surface area contributed by atoms with Crippen LogP contribution in [0, 0.1) is 5.92 Å². The van der Waals surface area contributed by atoms with Crippen LogP contribution in [0.3, 0.4) is 0 Å². The average Bonchev–Trinajstić information content (AvgIpc) is 2.65. The fraction of sp³-hybridized carbons (Fsp3) is 0.500. The number of amides is 4. The normalized spacial score (nSPS) is 12.6. The molecule has 0 bridgehead atoms. The van der Waals surface area contributed by atoms with Crippen LogP contribution in [0.4, 0.5) is 4.79 Å². The molecular weight excluding hydrogens is 398 g/mol. The van der Waals surface area contributed by atoms with Gasteiger partial charge in [-0.05, 0) is 49.9 Å². The molecule has 0 aliphatic carbocycles. The van der Waals surface area contributed by atoms with Crippen molar-refractivity contribution in [2.45, 2.75) is 52.6 Å². The van der Waals surface area contributed by atoms with E-state index in [-0.39, 0.29) is 12.0 Å². The Morgan fingerprint density at radius 1 is 1.03 bits per heavy atom. The van der Waals surface area contributed by atoms with E-state index in [1.54, 1.807) is 31.2 Å². The number of esters is 1. The summed E-state index contributed by atoms with van der Waals surface area (Å²) in [6.07, 6.45) is 1.04. The summed E-state index contributed by atoms with van der Waals surface area (Å²) in [4.78, 5) is 48.2. The minimum Gasteiger partial charge on any atom is -0.454 e. The smallest absolute Gasteiger partial charge is 0.329 e. The molecule has 2 atom stereocenters. The van der Waals surface area contributed by atoms with Gasteiger partial charge in [0, 0.05) is 16.6 Å². The van der Waals surface area contributed by atoms with E-state index in [0.717, 1.165) is 0 Å². The summed E-state index contributed by atoms with van der Waals surface area (Å²) in [5, 5.41) is 7.76. The summed E-state index contributed by atoms with van der Waals surface area (Å²) >= 11 is 5.81. The van der Waals surface area contributed by atoms with Crippen molar-refractivity contribution in [1.29, 1.82) is 0 Å². The Morgan fingerprint density at radius 3 is 2.21 bits per heavy atom. The number of rotatable bonds is 9. The van der Waals surface area contributed by atoms with E-state index < -0.39 is 36.5 Å². The van der Waals surface area contributed by atoms with E-state index in [0.29, 0.717) is 23.4 Å². The molecule has 9 heteroatoms. The van der Waals surface area contributed by atoms with Gasteiger partial charge in [0.15, 0.2) is 6.61 Å². The Balaban J connectivity index is 2.62. The SMILES string of the molecule is CC[C@@H](C)NC(=O)NC(=O)COC(=O)[C@@H](CC(C)C)NC(=O)c1ccc(Cl)cc1. The first-order valence-electron chi connectivity index (χ1n) is 9.45. The van der Waals surface area contributed by atoms with Gasteiger partial charge in [-0.15, -0.1) is 0 Å². The van der Waals surface area contributed by atoms with Gasteiger partial charge < -0.3 is 15.4 Å². The van der Waals surface area contributed by atoms with Gasteiger partial charge in [-0.1, -0.05) is 32.4 Å². The Kier molecular flexibility index (Phi) is 10.2. The minimum atomic E-state index is -0.931. The second-order valence-corrected chi connectivity index (χ2v) is 7.54. The molecule has 0 fully saturated rings. The third-order valence-electron chi connectivity index (χ3n) is 3.99. The number of hydrogen-bond donors (Lipinski definition) is 3. The molecule has 8 nitrogen and oxygen atoms in total. The molecule has 0 unspecified atom stereocenters. The first kappa shape index (κ1) is 24.4. The summed E-state index contributed by atoms with van der Waals surface area (Å²) in [6.45, 7) is 6.84. The molecular formula is C20H28ClN3O5. The monoisotopic (exact) mass is 425 g/mol. The Bertz CT molecular complexity index is 721.